The summed E-state index contributed by atoms with van der Waals surface area (Å²) in [5.41, 5.74) is -0.245. The smallest absolute Gasteiger partial charge is 0.318 e. The predicted molar refractivity (Wildman–Crippen MR) is 91.3 cm³/mol. The largest absolute Gasteiger partial charge is 0.390 e. The van der Waals surface area contributed by atoms with Crippen LogP contribution in [0.1, 0.15) is 44.6 Å². The van der Waals surface area contributed by atoms with E-state index in [4.69, 9.17) is 0 Å². The Bertz CT molecular complexity index is 722. The number of aliphatic hydroxyl groups is 1. The maximum absolute atomic E-state index is 13.7. The fraction of sp³-hybridized carbons (Fsp3) is 0.650. The minimum atomic E-state index is -0.565. The van der Waals surface area contributed by atoms with Gasteiger partial charge in [0.1, 0.15) is 5.82 Å². The minimum Gasteiger partial charge on any atom is -0.390 e. The van der Waals surface area contributed by atoms with Crippen LogP contribution in [0.15, 0.2) is 24.3 Å². The van der Waals surface area contributed by atoms with Crippen molar-refractivity contribution in [2.24, 2.45) is 17.8 Å². The average molecular weight is 344 g/mol. The van der Waals surface area contributed by atoms with Crippen molar-refractivity contribution in [3.05, 3.63) is 35.6 Å². The Kier molecular flexibility index (Phi) is 3.10. The van der Waals surface area contributed by atoms with Crippen molar-refractivity contribution in [3.63, 3.8) is 0 Å². The summed E-state index contributed by atoms with van der Waals surface area (Å²) in [6.07, 6.45) is 4.85. The molecule has 2 amide bonds. The Hall–Kier alpha value is -1.62. The van der Waals surface area contributed by atoms with Crippen molar-refractivity contribution in [1.29, 1.82) is 0 Å². The zero-order chi connectivity index (χ0) is 17.4. The number of hydrogen-bond acceptors (Lipinski definition) is 2. The van der Waals surface area contributed by atoms with Crippen LogP contribution in [0.4, 0.5) is 9.18 Å². The molecule has 1 saturated heterocycles. The highest BCUT2D eigenvalue weighted by Crippen LogP contribution is 2.57. The van der Waals surface area contributed by atoms with E-state index in [1.165, 1.54) is 12.1 Å². The molecule has 0 spiro atoms. The SMILES string of the molecule is CC1(c2cccc(F)c2)CN(C2C3CC4CC2CC(O)(C4)C3)C(=O)N1. The lowest BCUT2D eigenvalue weighted by Crippen LogP contribution is -2.62. The zero-order valence-electron chi connectivity index (χ0n) is 14.5. The van der Waals surface area contributed by atoms with Crippen LogP contribution in [0.25, 0.3) is 0 Å². The van der Waals surface area contributed by atoms with Crippen molar-refractivity contribution in [1.82, 2.24) is 10.2 Å². The van der Waals surface area contributed by atoms with Gasteiger partial charge in [0.05, 0.1) is 11.1 Å². The molecule has 4 bridgehead atoms. The molecule has 4 saturated carbocycles. The first-order valence-electron chi connectivity index (χ1n) is 9.42. The first-order chi connectivity index (χ1) is 11.9. The van der Waals surface area contributed by atoms with Crippen LogP contribution in [-0.4, -0.2) is 34.2 Å². The van der Waals surface area contributed by atoms with Crippen LogP contribution in [-0.2, 0) is 5.54 Å². The van der Waals surface area contributed by atoms with Gasteiger partial charge < -0.3 is 15.3 Å². The van der Waals surface area contributed by atoms with Crippen molar-refractivity contribution < 1.29 is 14.3 Å². The van der Waals surface area contributed by atoms with E-state index in [2.05, 4.69) is 5.32 Å². The molecule has 1 heterocycles. The van der Waals surface area contributed by atoms with Crippen LogP contribution < -0.4 is 5.32 Å². The molecular weight excluding hydrogens is 319 g/mol. The van der Waals surface area contributed by atoms with Crippen molar-refractivity contribution in [3.8, 4) is 0 Å². The molecule has 5 heteroatoms. The lowest BCUT2D eigenvalue weighted by molar-refractivity contribution is -0.152. The van der Waals surface area contributed by atoms with Gasteiger partial charge in [-0.25, -0.2) is 9.18 Å². The lowest BCUT2D eigenvalue weighted by Gasteiger charge is -2.59. The maximum Gasteiger partial charge on any atom is 0.318 e. The predicted octanol–water partition coefficient (Wildman–Crippen LogP) is 3.01. The average Bonchev–Trinajstić information content (AvgIpc) is 2.81. The number of carbonyl (C=O) groups is 1. The monoisotopic (exact) mass is 344 g/mol. The van der Waals surface area contributed by atoms with Crippen LogP contribution in [0.3, 0.4) is 0 Å². The summed E-state index contributed by atoms with van der Waals surface area (Å²) in [5.74, 6) is 1.15. The van der Waals surface area contributed by atoms with Gasteiger partial charge in [0, 0.05) is 12.6 Å². The number of hydrogen-bond donors (Lipinski definition) is 2. The number of rotatable bonds is 2. The topological polar surface area (TPSA) is 52.6 Å². The van der Waals surface area contributed by atoms with Gasteiger partial charge in [-0.3, -0.25) is 0 Å². The standard InChI is InChI=1S/C20H25FN2O2/c1-19(15-3-2-4-16(21)7-15)11-23(18(24)22-19)17-13-5-12-6-14(17)10-20(25,8-12)9-13/h2-4,7,12-14,17,25H,5-6,8-11H2,1H3,(H,22,24). The van der Waals surface area contributed by atoms with E-state index < -0.39 is 11.1 Å². The highest BCUT2D eigenvalue weighted by molar-refractivity contribution is 5.79. The molecule has 3 unspecified atom stereocenters. The number of carbonyl (C=O) groups excluding carboxylic acids is 1. The highest BCUT2D eigenvalue weighted by atomic mass is 19.1. The molecule has 1 aromatic carbocycles. The van der Waals surface area contributed by atoms with E-state index in [-0.39, 0.29) is 17.9 Å². The van der Waals surface area contributed by atoms with Crippen molar-refractivity contribution in [2.75, 3.05) is 6.54 Å². The second kappa shape index (κ2) is 4.97. The molecule has 3 atom stereocenters. The van der Waals surface area contributed by atoms with Gasteiger partial charge in [0.2, 0.25) is 0 Å². The Morgan fingerprint density at radius 3 is 2.60 bits per heavy atom. The Morgan fingerprint density at radius 2 is 1.96 bits per heavy atom. The molecule has 5 aliphatic rings. The van der Waals surface area contributed by atoms with Gasteiger partial charge in [-0.2, -0.15) is 0 Å². The number of nitrogens with zero attached hydrogens (tertiary/aromatic N) is 1. The lowest BCUT2D eigenvalue weighted by atomic mass is 9.52. The molecule has 0 aromatic heterocycles. The normalized spacial score (nSPS) is 45.1. The summed E-state index contributed by atoms with van der Waals surface area (Å²) < 4.78 is 13.7. The van der Waals surface area contributed by atoms with Crippen LogP contribution >= 0.6 is 0 Å². The third-order valence-corrected chi connectivity index (χ3v) is 7.14. The van der Waals surface area contributed by atoms with Gasteiger partial charge in [-0.1, -0.05) is 12.1 Å². The fourth-order valence-electron chi connectivity index (χ4n) is 6.46. The number of benzene rings is 1. The van der Waals surface area contributed by atoms with Gasteiger partial charge in [-0.15, -0.1) is 0 Å². The highest BCUT2D eigenvalue weighted by Gasteiger charge is 2.58. The number of urea groups is 1. The zero-order valence-corrected chi connectivity index (χ0v) is 14.5. The summed E-state index contributed by atoms with van der Waals surface area (Å²) in [6, 6.07) is 6.70. The fourth-order valence-corrected chi connectivity index (χ4v) is 6.46. The minimum absolute atomic E-state index is 0.0452. The van der Waals surface area contributed by atoms with Gasteiger partial charge in [0.25, 0.3) is 0 Å². The summed E-state index contributed by atoms with van der Waals surface area (Å²) >= 11 is 0. The first-order valence-corrected chi connectivity index (χ1v) is 9.42. The molecule has 134 valence electrons. The molecule has 25 heavy (non-hydrogen) atoms. The quantitative estimate of drug-likeness (QED) is 0.866. The third-order valence-electron chi connectivity index (χ3n) is 7.14. The number of nitrogens with one attached hydrogen (secondary N) is 1. The molecule has 0 radical (unpaired) electrons. The Balaban J connectivity index is 1.43. The molecule has 1 aliphatic heterocycles. The molecular formula is C20H25FN2O2. The summed E-state index contributed by atoms with van der Waals surface area (Å²) in [6.45, 7) is 2.54. The van der Waals surface area contributed by atoms with E-state index in [0.717, 1.165) is 37.7 Å². The summed E-state index contributed by atoms with van der Waals surface area (Å²) in [4.78, 5) is 14.8. The van der Waals surface area contributed by atoms with E-state index in [9.17, 15) is 14.3 Å². The van der Waals surface area contributed by atoms with Crippen LogP contribution in [0, 0.1) is 23.6 Å². The van der Waals surface area contributed by atoms with Crippen LogP contribution in [0.2, 0.25) is 0 Å². The van der Waals surface area contributed by atoms with Crippen molar-refractivity contribution >= 4 is 6.03 Å². The van der Waals surface area contributed by atoms with E-state index in [1.807, 2.05) is 17.9 Å². The summed E-state index contributed by atoms with van der Waals surface area (Å²) in [5, 5.41) is 13.9. The van der Waals surface area contributed by atoms with E-state index in [1.54, 1.807) is 6.07 Å². The summed E-state index contributed by atoms with van der Waals surface area (Å²) in [7, 11) is 0. The van der Waals surface area contributed by atoms with E-state index >= 15 is 0 Å². The van der Waals surface area contributed by atoms with Crippen LogP contribution in [0.5, 0.6) is 0 Å². The number of amides is 2. The number of halogens is 1. The first kappa shape index (κ1) is 15.6. The van der Waals surface area contributed by atoms with E-state index in [0.29, 0.717) is 24.3 Å². The molecule has 1 aromatic rings. The molecule has 4 nitrogen and oxygen atoms in total. The molecule has 4 aliphatic carbocycles. The third kappa shape index (κ3) is 2.31. The van der Waals surface area contributed by atoms with Gasteiger partial charge >= 0.3 is 6.03 Å². The second-order valence-electron chi connectivity index (χ2n) is 9.09. The second-order valence-corrected chi connectivity index (χ2v) is 9.09. The Morgan fingerprint density at radius 1 is 1.24 bits per heavy atom. The molecule has 6 rings (SSSR count). The van der Waals surface area contributed by atoms with Gasteiger partial charge in [-0.05, 0) is 74.5 Å². The van der Waals surface area contributed by atoms with Crippen molar-refractivity contribution in [2.45, 2.75) is 56.2 Å². The Labute approximate surface area is 147 Å². The van der Waals surface area contributed by atoms with Gasteiger partial charge in [0.15, 0.2) is 0 Å². The molecule has 2 N–H and O–H groups in total. The maximum atomic E-state index is 13.7. The molecule has 5 fully saturated rings.